The number of imidazole rings is 1. The van der Waals surface area contributed by atoms with Crippen LogP contribution in [0.25, 0.3) is 5.65 Å². The largest absolute Gasteiger partial charge is 0.399 e. The maximum absolute atomic E-state index is 5.95. The maximum atomic E-state index is 5.95. The van der Waals surface area contributed by atoms with E-state index in [2.05, 4.69) is 27.6 Å². The second-order valence-corrected chi connectivity index (χ2v) is 5.61. The summed E-state index contributed by atoms with van der Waals surface area (Å²) < 4.78 is 2.07. The third-order valence-electron chi connectivity index (χ3n) is 4.09. The van der Waals surface area contributed by atoms with Crippen molar-refractivity contribution in [3.8, 4) is 0 Å². The van der Waals surface area contributed by atoms with Gasteiger partial charge in [-0.25, -0.2) is 4.98 Å². The van der Waals surface area contributed by atoms with Crippen molar-refractivity contribution in [2.75, 3.05) is 17.2 Å². The van der Waals surface area contributed by atoms with Crippen LogP contribution in [0.5, 0.6) is 0 Å². The summed E-state index contributed by atoms with van der Waals surface area (Å²) in [7, 11) is 0. The highest BCUT2D eigenvalue weighted by atomic mass is 15.2. The summed E-state index contributed by atoms with van der Waals surface area (Å²) in [6.07, 6.45) is 6.46. The Bertz CT molecular complexity index is 757. The average molecular weight is 278 g/mol. The molecule has 106 valence electrons. The van der Waals surface area contributed by atoms with Gasteiger partial charge in [0.1, 0.15) is 5.65 Å². The monoisotopic (exact) mass is 278 g/mol. The number of aryl methyl sites for hydroxylation is 1. The van der Waals surface area contributed by atoms with Crippen molar-refractivity contribution in [1.82, 2.24) is 9.38 Å². The van der Waals surface area contributed by atoms with Crippen LogP contribution in [0.2, 0.25) is 0 Å². The minimum Gasteiger partial charge on any atom is -0.399 e. The first-order chi connectivity index (χ1) is 10.3. The van der Waals surface area contributed by atoms with Crippen LogP contribution in [-0.4, -0.2) is 15.9 Å². The van der Waals surface area contributed by atoms with Gasteiger partial charge in [0.2, 0.25) is 0 Å². The first-order valence-electron chi connectivity index (χ1n) is 7.35. The van der Waals surface area contributed by atoms with Gasteiger partial charge in [0.05, 0.1) is 12.2 Å². The Balaban J connectivity index is 1.67. The zero-order valence-corrected chi connectivity index (χ0v) is 11.9. The number of pyridine rings is 1. The van der Waals surface area contributed by atoms with Crippen molar-refractivity contribution in [3.63, 3.8) is 0 Å². The van der Waals surface area contributed by atoms with E-state index in [-0.39, 0.29) is 0 Å². The molecule has 2 aromatic heterocycles. The number of nitrogens with two attached hydrogens (primary N) is 1. The van der Waals surface area contributed by atoms with Crippen LogP contribution >= 0.6 is 0 Å². The van der Waals surface area contributed by atoms with Crippen LogP contribution in [0, 0.1) is 0 Å². The molecule has 4 nitrogen and oxygen atoms in total. The summed E-state index contributed by atoms with van der Waals surface area (Å²) in [6, 6.07) is 12.3. The Morgan fingerprint density at radius 1 is 1.19 bits per heavy atom. The lowest BCUT2D eigenvalue weighted by atomic mass is 10.0. The zero-order chi connectivity index (χ0) is 14.2. The van der Waals surface area contributed by atoms with Crippen molar-refractivity contribution in [2.45, 2.75) is 19.4 Å². The Hall–Kier alpha value is -2.49. The molecule has 0 unspecified atom stereocenters. The quantitative estimate of drug-likeness (QED) is 0.733. The molecule has 4 heteroatoms. The molecule has 0 atom stereocenters. The lowest BCUT2D eigenvalue weighted by Gasteiger charge is -2.31. The first kappa shape index (κ1) is 12.3. The summed E-state index contributed by atoms with van der Waals surface area (Å²) in [5.74, 6) is 0. The highest BCUT2D eigenvalue weighted by Gasteiger charge is 2.18. The van der Waals surface area contributed by atoms with Crippen LogP contribution in [0.4, 0.5) is 11.4 Å². The number of hydrogen-bond acceptors (Lipinski definition) is 3. The van der Waals surface area contributed by atoms with E-state index in [1.54, 1.807) is 0 Å². The lowest BCUT2D eigenvalue weighted by Crippen LogP contribution is -2.29. The van der Waals surface area contributed by atoms with Gasteiger partial charge >= 0.3 is 0 Å². The van der Waals surface area contributed by atoms with Crippen LogP contribution in [0.1, 0.15) is 17.7 Å². The fourth-order valence-corrected chi connectivity index (χ4v) is 3.09. The number of benzene rings is 1. The number of rotatable bonds is 2. The standard InChI is InChI=1S/C17H18N4/c18-14-7-6-13-4-3-9-20(16(13)10-14)11-15-12-21-8-2-1-5-17(21)19-15/h1-2,5-8,10,12H,3-4,9,11,18H2. The lowest BCUT2D eigenvalue weighted by molar-refractivity contribution is 0.686. The summed E-state index contributed by atoms with van der Waals surface area (Å²) in [5.41, 5.74) is 11.5. The highest BCUT2D eigenvalue weighted by molar-refractivity contribution is 5.62. The molecule has 0 saturated heterocycles. The van der Waals surface area contributed by atoms with Gasteiger partial charge in [-0.05, 0) is 42.7 Å². The predicted molar refractivity (Wildman–Crippen MR) is 85.4 cm³/mol. The summed E-state index contributed by atoms with van der Waals surface area (Å²) in [6.45, 7) is 1.89. The molecule has 0 radical (unpaired) electrons. The SMILES string of the molecule is Nc1ccc2c(c1)N(Cc1cn3ccccc3n1)CCC2. The van der Waals surface area contributed by atoms with Crippen LogP contribution in [0.3, 0.4) is 0 Å². The summed E-state index contributed by atoms with van der Waals surface area (Å²) in [5, 5.41) is 0. The number of nitrogen functional groups attached to an aromatic ring is 1. The van der Waals surface area contributed by atoms with Gasteiger partial charge in [0.25, 0.3) is 0 Å². The van der Waals surface area contributed by atoms with Crippen molar-refractivity contribution in [2.24, 2.45) is 0 Å². The molecule has 2 N–H and O–H groups in total. The van der Waals surface area contributed by atoms with E-state index in [1.165, 1.54) is 17.7 Å². The molecule has 3 aromatic rings. The Morgan fingerprint density at radius 3 is 3.05 bits per heavy atom. The van der Waals surface area contributed by atoms with E-state index in [4.69, 9.17) is 10.7 Å². The second kappa shape index (κ2) is 4.81. The van der Waals surface area contributed by atoms with Crippen LogP contribution in [-0.2, 0) is 13.0 Å². The molecule has 0 fully saturated rings. The van der Waals surface area contributed by atoms with E-state index in [0.717, 1.165) is 36.5 Å². The molecule has 0 amide bonds. The number of anilines is 2. The maximum Gasteiger partial charge on any atom is 0.137 e. The highest BCUT2D eigenvalue weighted by Crippen LogP contribution is 2.30. The smallest absolute Gasteiger partial charge is 0.137 e. The van der Waals surface area contributed by atoms with Gasteiger partial charge in [-0.15, -0.1) is 0 Å². The second-order valence-electron chi connectivity index (χ2n) is 5.61. The minimum absolute atomic E-state index is 0.829. The topological polar surface area (TPSA) is 46.6 Å². The molecule has 1 aromatic carbocycles. The molecular weight excluding hydrogens is 260 g/mol. The van der Waals surface area contributed by atoms with Crippen molar-refractivity contribution in [1.29, 1.82) is 0 Å². The predicted octanol–water partition coefficient (Wildman–Crippen LogP) is 2.87. The van der Waals surface area contributed by atoms with E-state index in [9.17, 15) is 0 Å². The Morgan fingerprint density at radius 2 is 2.14 bits per heavy atom. The van der Waals surface area contributed by atoms with E-state index in [0.29, 0.717) is 0 Å². The van der Waals surface area contributed by atoms with Crippen LogP contribution < -0.4 is 10.6 Å². The van der Waals surface area contributed by atoms with E-state index >= 15 is 0 Å². The zero-order valence-electron chi connectivity index (χ0n) is 11.9. The van der Waals surface area contributed by atoms with Gasteiger partial charge in [-0.3, -0.25) is 0 Å². The molecule has 0 spiro atoms. The third kappa shape index (κ3) is 2.23. The van der Waals surface area contributed by atoms with E-state index < -0.39 is 0 Å². The molecule has 1 aliphatic rings. The van der Waals surface area contributed by atoms with Crippen molar-refractivity contribution < 1.29 is 0 Å². The number of nitrogens with zero attached hydrogens (tertiary/aromatic N) is 3. The van der Waals surface area contributed by atoms with Gasteiger partial charge in [-0.2, -0.15) is 0 Å². The van der Waals surface area contributed by atoms with Gasteiger partial charge in [0, 0.05) is 30.3 Å². The van der Waals surface area contributed by atoms with E-state index in [1.807, 2.05) is 30.5 Å². The first-order valence-corrected chi connectivity index (χ1v) is 7.35. The molecular formula is C17H18N4. The molecule has 0 aliphatic carbocycles. The normalized spacial score (nSPS) is 14.4. The third-order valence-corrected chi connectivity index (χ3v) is 4.09. The average Bonchev–Trinajstić information content (AvgIpc) is 2.90. The summed E-state index contributed by atoms with van der Waals surface area (Å²) >= 11 is 0. The number of hydrogen-bond donors (Lipinski definition) is 1. The van der Waals surface area contributed by atoms with Crippen molar-refractivity contribution >= 4 is 17.0 Å². The van der Waals surface area contributed by atoms with Gasteiger partial charge in [0.15, 0.2) is 0 Å². The fourth-order valence-electron chi connectivity index (χ4n) is 3.09. The van der Waals surface area contributed by atoms with Crippen molar-refractivity contribution in [3.05, 3.63) is 60.0 Å². The Labute approximate surface area is 123 Å². The molecule has 3 heterocycles. The van der Waals surface area contributed by atoms with Crippen LogP contribution in [0.15, 0.2) is 48.8 Å². The molecule has 0 bridgehead atoms. The minimum atomic E-state index is 0.829. The fraction of sp³-hybridized carbons (Fsp3) is 0.235. The van der Waals surface area contributed by atoms with Gasteiger partial charge < -0.3 is 15.0 Å². The van der Waals surface area contributed by atoms with Gasteiger partial charge in [-0.1, -0.05) is 12.1 Å². The number of aromatic nitrogens is 2. The molecule has 1 aliphatic heterocycles. The summed E-state index contributed by atoms with van der Waals surface area (Å²) in [4.78, 5) is 7.08. The molecule has 21 heavy (non-hydrogen) atoms. The molecule has 4 rings (SSSR count). The Kier molecular flexibility index (Phi) is 2.81. The number of fused-ring (bicyclic) bond motifs is 2. The molecule has 0 saturated carbocycles.